The van der Waals surface area contributed by atoms with Crippen LogP contribution in [0.3, 0.4) is 0 Å². The van der Waals surface area contributed by atoms with Gasteiger partial charge >= 0.3 is 5.97 Å². The number of carbonyl (C=O) groups is 2. The molecule has 1 aliphatic rings. The molecule has 0 spiro atoms. The monoisotopic (exact) mass is 281 g/mol. The van der Waals surface area contributed by atoms with E-state index in [1.807, 2.05) is 0 Å². The zero-order chi connectivity index (χ0) is 13.7. The first-order valence-corrected chi connectivity index (χ1v) is 7.07. The second-order valence-corrected chi connectivity index (χ2v) is 5.51. The van der Waals surface area contributed by atoms with Gasteiger partial charge in [0.15, 0.2) is 6.61 Å². The molecule has 1 aromatic carbocycles. The quantitative estimate of drug-likeness (QED) is 0.863. The summed E-state index contributed by atoms with van der Waals surface area (Å²) in [5.41, 5.74) is 0.695. The van der Waals surface area contributed by atoms with Gasteiger partial charge in [0.1, 0.15) is 5.75 Å². The summed E-state index contributed by atoms with van der Waals surface area (Å²) in [4.78, 5) is 22.2. The molecule has 1 amide bonds. The Morgan fingerprint density at radius 3 is 2.68 bits per heavy atom. The summed E-state index contributed by atoms with van der Waals surface area (Å²) in [7, 11) is 0. The van der Waals surface area contributed by atoms with Crippen LogP contribution < -0.4 is 10.1 Å². The van der Waals surface area contributed by atoms with Crippen LogP contribution in [0.15, 0.2) is 24.3 Å². The highest BCUT2D eigenvalue weighted by Gasteiger charge is 2.23. The van der Waals surface area contributed by atoms with Gasteiger partial charge < -0.3 is 15.2 Å². The molecule has 0 aromatic heterocycles. The zero-order valence-corrected chi connectivity index (χ0v) is 11.1. The molecule has 0 saturated carbocycles. The topological polar surface area (TPSA) is 75.6 Å². The lowest BCUT2D eigenvalue weighted by Gasteiger charge is -2.10. The summed E-state index contributed by atoms with van der Waals surface area (Å²) >= 11 is 1.68. The lowest BCUT2D eigenvalue weighted by molar-refractivity contribution is -0.139. The predicted molar refractivity (Wildman–Crippen MR) is 73.7 cm³/mol. The Morgan fingerprint density at radius 2 is 2.11 bits per heavy atom. The van der Waals surface area contributed by atoms with Crippen molar-refractivity contribution in [2.45, 2.75) is 18.1 Å². The van der Waals surface area contributed by atoms with E-state index in [9.17, 15) is 9.59 Å². The average molecular weight is 281 g/mol. The fourth-order valence-electron chi connectivity index (χ4n) is 1.79. The van der Waals surface area contributed by atoms with Crippen molar-refractivity contribution in [1.29, 1.82) is 0 Å². The summed E-state index contributed by atoms with van der Waals surface area (Å²) in [6.45, 7) is -0.371. The summed E-state index contributed by atoms with van der Waals surface area (Å²) in [6, 6.07) is 6.68. The number of amides is 1. The van der Waals surface area contributed by atoms with Gasteiger partial charge in [0.2, 0.25) is 5.91 Å². The van der Waals surface area contributed by atoms with E-state index < -0.39 is 5.97 Å². The average Bonchev–Trinajstić information content (AvgIpc) is 2.92. The standard InChI is InChI=1S/C13H15NO4S/c15-12(16)8-18-10-5-3-9(4-6-10)14-13(17)11-2-1-7-19-11/h3-6,11H,1-2,7-8H2,(H,14,17)(H,15,16). The summed E-state index contributed by atoms with van der Waals surface area (Å²) in [6.07, 6.45) is 2.01. The molecule has 1 unspecified atom stereocenters. The molecule has 0 bridgehead atoms. The Hall–Kier alpha value is -1.69. The van der Waals surface area contributed by atoms with Crippen molar-refractivity contribution in [1.82, 2.24) is 0 Å². The van der Waals surface area contributed by atoms with Crippen molar-refractivity contribution >= 4 is 29.3 Å². The van der Waals surface area contributed by atoms with Gasteiger partial charge in [-0.1, -0.05) is 0 Å². The first-order chi connectivity index (χ1) is 9.15. The number of hydrogen-bond donors (Lipinski definition) is 2. The van der Waals surface area contributed by atoms with Crippen molar-refractivity contribution in [3.63, 3.8) is 0 Å². The Kier molecular flexibility index (Phi) is 4.68. The molecule has 5 nitrogen and oxygen atoms in total. The van der Waals surface area contributed by atoms with Gasteiger partial charge in [-0.3, -0.25) is 4.79 Å². The number of aliphatic carboxylic acids is 1. The van der Waals surface area contributed by atoms with Crippen LogP contribution in [-0.4, -0.2) is 34.6 Å². The number of carboxylic acids is 1. The molecule has 1 fully saturated rings. The number of thioether (sulfide) groups is 1. The maximum absolute atomic E-state index is 11.9. The normalized spacial score (nSPS) is 18.0. The van der Waals surface area contributed by atoms with Crippen molar-refractivity contribution < 1.29 is 19.4 Å². The highest BCUT2D eigenvalue weighted by atomic mass is 32.2. The molecule has 1 saturated heterocycles. The molecule has 102 valence electrons. The SMILES string of the molecule is O=C(O)COc1ccc(NC(=O)C2CCCS2)cc1. The van der Waals surface area contributed by atoms with E-state index in [2.05, 4.69) is 5.32 Å². The molecule has 1 atom stereocenters. The molecule has 0 aliphatic carbocycles. The van der Waals surface area contributed by atoms with Crippen LogP contribution in [0.5, 0.6) is 5.75 Å². The Bertz CT molecular complexity index is 454. The molecule has 2 N–H and O–H groups in total. The maximum Gasteiger partial charge on any atom is 0.341 e. The van der Waals surface area contributed by atoms with Crippen LogP contribution in [0.4, 0.5) is 5.69 Å². The highest BCUT2D eigenvalue weighted by molar-refractivity contribution is 8.00. The molecular weight excluding hydrogens is 266 g/mol. The van der Waals surface area contributed by atoms with Gasteiger partial charge in [-0.25, -0.2) is 4.79 Å². The number of carboxylic acid groups (broad SMARTS) is 1. The lowest BCUT2D eigenvalue weighted by Crippen LogP contribution is -2.22. The largest absolute Gasteiger partial charge is 0.482 e. The van der Waals surface area contributed by atoms with E-state index in [1.165, 1.54) is 0 Å². The van der Waals surface area contributed by atoms with Gasteiger partial charge in [-0.05, 0) is 42.9 Å². The number of benzene rings is 1. The lowest BCUT2D eigenvalue weighted by atomic mass is 10.2. The first-order valence-electron chi connectivity index (χ1n) is 6.02. The second-order valence-electron chi connectivity index (χ2n) is 4.20. The van der Waals surface area contributed by atoms with Gasteiger partial charge in [-0.15, -0.1) is 11.8 Å². The molecule has 1 aromatic rings. The minimum Gasteiger partial charge on any atom is -0.482 e. The zero-order valence-electron chi connectivity index (χ0n) is 10.3. The molecule has 1 aliphatic heterocycles. The van der Waals surface area contributed by atoms with Crippen molar-refractivity contribution in [3.05, 3.63) is 24.3 Å². The van der Waals surface area contributed by atoms with Crippen LogP contribution in [0.25, 0.3) is 0 Å². The van der Waals surface area contributed by atoms with Crippen molar-refractivity contribution in [2.24, 2.45) is 0 Å². The van der Waals surface area contributed by atoms with E-state index in [4.69, 9.17) is 9.84 Å². The van der Waals surface area contributed by atoms with E-state index in [-0.39, 0.29) is 17.8 Å². The van der Waals surface area contributed by atoms with E-state index in [1.54, 1.807) is 36.0 Å². The maximum atomic E-state index is 11.9. The number of carbonyl (C=O) groups excluding carboxylic acids is 1. The van der Waals surface area contributed by atoms with E-state index in [0.717, 1.165) is 18.6 Å². The summed E-state index contributed by atoms with van der Waals surface area (Å²) in [5.74, 6) is 0.521. The molecule has 19 heavy (non-hydrogen) atoms. The third-order valence-corrected chi connectivity index (χ3v) is 4.08. The molecule has 0 radical (unpaired) electrons. The van der Waals surface area contributed by atoms with Gasteiger partial charge in [0, 0.05) is 5.69 Å². The van der Waals surface area contributed by atoms with Crippen LogP contribution in [0, 0.1) is 0 Å². The molecular formula is C13H15NO4S. The Morgan fingerprint density at radius 1 is 1.37 bits per heavy atom. The van der Waals surface area contributed by atoms with Gasteiger partial charge in [-0.2, -0.15) is 0 Å². The van der Waals surface area contributed by atoms with Crippen molar-refractivity contribution in [2.75, 3.05) is 17.7 Å². The van der Waals surface area contributed by atoms with E-state index >= 15 is 0 Å². The van der Waals surface area contributed by atoms with E-state index in [0.29, 0.717) is 11.4 Å². The number of hydrogen-bond acceptors (Lipinski definition) is 4. The van der Waals surface area contributed by atoms with Crippen LogP contribution in [0.2, 0.25) is 0 Å². The minimum absolute atomic E-state index is 0.0294. The van der Waals surface area contributed by atoms with Crippen molar-refractivity contribution in [3.8, 4) is 5.75 Å². The Balaban J connectivity index is 1.87. The predicted octanol–water partition coefficient (Wildman–Crippen LogP) is 1.98. The molecule has 2 rings (SSSR count). The highest BCUT2D eigenvalue weighted by Crippen LogP contribution is 2.27. The van der Waals surface area contributed by atoms with Crippen LogP contribution in [-0.2, 0) is 9.59 Å². The summed E-state index contributed by atoms with van der Waals surface area (Å²) in [5, 5.41) is 11.4. The number of nitrogens with one attached hydrogen (secondary N) is 1. The molecule has 6 heteroatoms. The fraction of sp³-hybridized carbons (Fsp3) is 0.385. The smallest absolute Gasteiger partial charge is 0.341 e. The minimum atomic E-state index is -1.02. The van der Waals surface area contributed by atoms with Crippen LogP contribution in [0.1, 0.15) is 12.8 Å². The summed E-state index contributed by atoms with van der Waals surface area (Å²) < 4.78 is 5.01. The first kappa shape index (κ1) is 13.7. The fourth-order valence-corrected chi connectivity index (χ4v) is 2.95. The van der Waals surface area contributed by atoms with Gasteiger partial charge in [0.05, 0.1) is 5.25 Å². The van der Waals surface area contributed by atoms with Crippen LogP contribution >= 0.6 is 11.8 Å². The third-order valence-electron chi connectivity index (χ3n) is 2.71. The third kappa shape index (κ3) is 4.17. The number of ether oxygens (including phenoxy) is 1. The molecule has 1 heterocycles. The number of anilines is 1. The number of rotatable bonds is 5. The Labute approximate surface area is 115 Å². The second kappa shape index (κ2) is 6.47. The van der Waals surface area contributed by atoms with Gasteiger partial charge in [0.25, 0.3) is 0 Å².